The zero-order valence-corrected chi connectivity index (χ0v) is 9.62. The van der Waals surface area contributed by atoms with Crippen molar-refractivity contribution in [3.63, 3.8) is 0 Å². The highest BCUT2D eigenvalue weighted by Gasteiger charge is 2.10. The van der Waals surface area contributed by atoms with Crippen LogP contribution < -0.4 is 0 Å². The summed E-state index contributed by atoms with van der Waals surface area (Å²) in [6, 6.07) is 11.9. The van der Waals surface area contributed by atoms with Crippen LogP contribution in [-0.2, 0) is 0 Å². The predicted molar refractivity (Wildman–Crippen MR) is 63.4 cm³/mol. The highest BCUT2D eigenvalue weighted by Crippen LogP contribution is 2.24. The second kappa shape index (κ2) is 4.13. The Morgan fingerprint density at radius 1 is 1.33 bits per heavy atom. The van der Waals surface area contributed by atoms with E-state index in [0.29, 0.717) is 5.69 Å². The van der Waals surface area contributed by atoms with Gasteiger partial charge in [0.15, 0.2) is 0 Å². The minimum absolute atomic E-state index is 0.533. The van der Waals surface area contributed by atoms with E-state index in [1.54, 1.807) is 11.4 Å². The number of benzene rings is 1. The van der Waals surface area contributed by atoms with E-state index in [1.807, 2.05) is 36.4 Å². The molecular formula is C11H13N2OP. The summed E-state index contributed by atoms with van der Waals surface area (Å²) in [7, 11) is 2.52. The minimum atomic E-state index is -0.533. The summed E-state index contributed by atoms with van der Waals surface area (Å²) in [5, 5.41) is 13.6. The molecule has 0 spiro atoms. The topological polar surface area (TPSA) is 38.0 Å². The van der Waals surface area contributed by atoms with Gasteiger partial charge in [0.05, 0.1) is 17.5 Å². The molecule has 0 radical (unpaired) electrons. The zero-order chi connectivity index (χ0) is 10.8. The van der Waals surface area contributed by atoms with Gasteiger partial charge in [-0.15, -0.1) is 0 Å². The number of aliphatic hydroxyl groups excluding tert-OH is 1. The van der Waals surface area contributed by atoms with Crippen molar-refractivity contribution in [2.24, 2.45) is 0 Å². The van der Waals surface area contributed by atoms with Crippen LogP contribution in [-0.4, -0.2) is 14.7 Å². The van der Waals surface area contributed by atoms with Gasteiger partial charge in [0.25, 0.3) is 0 Å². The maximum absolute atomic E-state index is 9.42. The number of nitrogens with zero attached hydrogens (tertiary/aromatic N) is 2. The normalized spacial score (nSPS) is 12.7. The lowest BCUT2D eigenvalue weighted by Gasteiger charge is -1.99. The molecule has 2 unspecified atom stereocenters. The summed E-state index contributed by atoms with van der Waals surface area (Å²) in [5.41, 5.74) is 2.76. The Labute approximate surface area is 91.0 Å². The van der Waals surface area contributed by atoms with E-state index in [9.17, 15) is 5.11 Å². The quantitative estimate of drug-likeness (QED) is 0.788. The SMILES string of the molecule is CC(O)c1cc(-c2ccccc2)n(P)n1. The highest BCUT2D eigenvalue weighted by molar-refractivity contribution is 7.14. The van der Waals surface area contributed by atoms with Crippen molar-refractivity contribution >= 4 is 9.39 Å². The third kappa shape index (κ3) is 2.09. The smallest absolute Gasteiger partial charge is 0.0950 e. The molecule has 0 aliphatic carbocycles. The number of aromatic nitrogens is 2. The third-order valence-electron chi connectivity index (χ3n) is 2.25. The lowest BCUT2D eigenvalue weighted by atomic mass is 10.1. The standard InChI is InChI=1S/C11H13N2OP/c1-8(14)10-7-11(13(15)12-10)9-5-3-2-4-6-9/h2-8,14H,15H2,1H3. The van der Waals surface area contributed by atoms with Crippen molar-refractivity contribution in [1.29, 1.82) is 0 Å². The Kier molecular flexibility index (Phi) is 2.85. The van der Waals surface area contributed by atoms with E-state index in [2.05, 4.69) is 14.5 Å². The van der Waals surface area contributed by atoms with Crippen LogP contribution in [0.2, 0.25) is 0 Å². The van der Waals surface area contributed by atoms with Gasteiger partial charge < -0.3 is 5.11 Å². The van der Waals surface area contributed by atoms with Gasteiger partial charge in [0.2, 0.25) is 0 Å². The molecular weight excluding hydrogens is 207 g/mol. The second-order valence-electron chi connectivity index (χ2n) is 3.44. The summed E-state index contributed by atoms with van der Waals surface area (Å²) in [4.78, 5) is 0. The van der Waals surface area contributed by atoms with E-state index < -0.39 is 6.10 Å². The molecule has 0 aliphatic rings. The van der Waals surface area contributed by atoms with Crippen LogP contribution in [0.15, 0.2) is 36.4 Å². The van der Waals surface area contributed by atoms with Crippen molar-refractivity contribution in [2.45, 2.75) is 13.0 Å². The van der Waals surface area contributed by atoms with Gasteiger partial charge >= 0.3 is 0 Å². The van der Waals surface area contributed by atoms with E-state index in [4.69, 9.17) is 0 Å². The molecule has 1 aromatic carbocycles. The maximum atomic E-state index is 9.42. The zero-order valence-electron chi connectivity index (χ0n) is 8.46. The van der Waals surface area contributed by atoms with Crippen LogP contribution in [0, 0.1) is 0 Å². The molecule has 15 heavy (non-hydrogen) atoms. The van der Waals surface area contributed by atoms with Gasteiger partial charge in [-0.05, 0) is 22.4 Å². The average molecular weight is 220 g/mol. The summed E-state index contributed by atoms with van der Waals surface area (Å²) < 4.78 is 1.71. The Morgan fingerprint density at radius 3 is 2.53 bits per heavy atom. The fraction of sp³-hybridized carbons (Fsp3) is 0.182. The molecule has 0 bridgehead atoms. The average Bonchev–Trinajstić information content (AvgIpc) is 2.62. The second-order valence-corrected chi connectivity index (χ2v) is 3.93. The third-order valence-corrected chi connectivity index (χ3v) is 2.65. The molecule has 0 saturated carbocycles. The first-order valence-corrected chi connectivity index (χ1v) is 5.28. The number of hydrogen-bond donors (Lipinski definition) is 1. The van der Waals surface area contributed by atoms with E-state index in [-0.39, 0.29) is 0 Å². The first-order chi connectivity index (χ1) is 7.18. The summed E-state index contributed by atoms with van der Waals surface area (Å²) in [6.07, 6.45) is -0.533. The summed E-state index contributed by atoms with van der Waals surface area (Å²) in [6.45, 7) is 1.71. The van der Waals surface area contributed by atoms with Gasteiger partial charge in [0.1, 0.15) is 0 Å². The van der Waals surface area contributed by atoms with Crippen molar-refractivity contribution in [1.82, 2.24) is 9.55 Å². The van der Waals surface area contributed by atoms with Crippen molar-refractivity contribution in [3.05, 3.63) is 42.1 Å². The van der Waals surface area contributed by atoms with E-state index in [1.165, 1.54) is 0 Å². The van der Waals surface area contributed by atoms with Crippen LogP contribution in [0.5, 0.6) is 0 Å². The Hall–Kier alpha value is -1.18. The number of rotatable bonds is 2. The minimum Gasteiger partial charge on any atom is -0.387 e. The van der Waals surface area contributed by atoms with Crippen molar-refractivity contribution < 1.29 is 5.11 Å². The van der Waals surface area contributed by atoms with Gasteiger partial charge in [-0.1, -0.05) is 30.3 Å². The van der Waals surface area contributed by atoms with Crippen LogP contribution >= 0.6 is 9.39 Å². The predicted octanol–water partition coefficient (Wildman–Crippen LogP) is 2.24. The number of hydrogen-bond acceptors (Lipinski definition) is 2. The summed E-state index contributed by atoms with van der Waals surface area (Å²) in [5.74, 6) is 0. The first kappa shape index (κ1) is 10.3. The molecule has 0 fully saturated rings. The highest BCUT2D eigenvalue weighted by atomic mass is 31.0. The molecule has 0 amide bonds. The van der Waals surface area contributed by atoms with Gasteiger partial charge in [-0.3, -0.25) is 4.45 Å². The molecule has 4 heteroatoms. The van der Waals surface area contributed by atoms with Crippen LogP contribution in [0.1, 0.15) is 18.7 Å². The Morgan fingerprint density at radius 2 is 2.00 bits per heavy atom. The van der Waals surface area contributed by atoms with Crippen molar-refractivity contribution in [2.75, 3.05) is 0 Å². The molecule has 78 valence electrons. The molecule has 2 rings (SSSR count). The van der Waals surface area contributed by atoms with Crippen molar-refractivity contribution in [3.8, 4) is 11.3 Å². The molecule has 3 nitrogen and oxygen atoms in total. The van der Waals surface area contributed by atoms with Crippen LogP contribution in [0.4, 0.5) is 0 Å². The lowest BCUT2D eigenvalue weighted by Crippen LogP contribution is -1.92. The van der Waals surface area contributed by atoms with E-state index in [0.717, 1.165) is 11.3 Å². The van der Waals surface area contributed by atoms with Gasteiger partial charge in [-0.25, -0.2) is 0 Å². The van der Waals surface area contributed by atoms with E-state index >= 15 is 0 Å². The lowest BCUT2D eigenvalue weighted by molar-refractivity contribution is 0.194. The monoisotopic (exact) mass is 220 g/mol. The molecule has 1 N–H and O–H groups in total. The first-order valence-electron chi connectivity index (χ1n) is 4.77. The molecule has 1 aromatic heterocycles. The molecule has 0 aliphatic heterocycles. The fourth-order valence-corrected chi connectivity index (χ4v) is 1.80. The molecule has 0 saturated heterocycles. The largest absolute Gasteiger partial charge is 0.387 e. The van der Waals surface area contributed by atoms with Crippen LogP contribution in [0.25, 0.3) is 11.3 Å². The van der Waals surface area contributed by atoms with Crippen LogP contribution in [0.3, 0.4) is 0 Å². The fourth-order valence-electron chi connectivity index (χ4n) is 1.44. The Balaban J connectivity index is 2.45. The maximum Gasteiger partial charge on any atom is 0.0950 e. The molecule has 2 atom stereocenters. The molecule has 2 aromatic rings. The number of aliphatic hydroxyl groups is 1. The van der Waals surface area contributed by atoms with Gasteiger partial charge in [-0.2, -0.15) is 5.10 Å². The van der Waals surface area contributed by atoms with Gasteiger partial charge in [0, 0.05) is 5.56 Å². The summed E-state index contributed by atoms with van der Waals surface area (Å²) >= 11 is 0. The molecule has 1 heterocycles. The Bertz CT molecular complexity index is 451.